The van der Waals surface area contributed by atoms with Gasteiger partial charge in [-0.25, -0.2) is 4.79 Å². The Morgan fingerprint density at radius 3 is 2.54 bits per heavy atom. The molecule has 1 fully saturated rings. The molecular weight excluding hydrogens is 332 g/mol. The van der Waals surface area contributed by atoms with E-state index in [4.69, 9.17) is 4.74 Å². The lowest BCUT2D eigenvalue weighted by molar-refractivity contribution is -0.117. The Bertz CT molecular complexity index is 586. The van der Waals surface area contributed by atoms with E-state index in [0.29, 0.717) is 52.5 Å². The van der Waals surface area contributed by atoms with Gasteiger partial charge in [-0.05, 0) is 25.0 Å². The predicted molar refractivity (Wildman–Crippen MR) is 102 cm³/mol. The average Bonchev–Trinajstić information content (AvgIpc) is 2.66. The lowest BCUT2D eigenvalue weighted by atomic mass is 10.1. The van der Waals surface area contributed by atoms with Crippen LogP contribution in [0.4, 0.5) is 10.5 Å². The smallest absolute Gasteiger partial charge is 0.317 e. The molecule has 0 aliphatic carbocycles. The van der Waals surface area contributed by atoms with E-state index >= 15 is 0 Å². The zero-order valence-electron chi connectivity index (χ0n) is 15.8. The molecule has 0 bridgehead atoms. The van der Waals surface area contributed by atoms with Crippen LogP contribution in [0.15, 0.2) is 24.3 Å². The van der Waals surface area contributed by atoms with Gasteiger partial charge in [0.2, 0.25) is 5.91 Å². The van der Waals surface area contributed by atoms with Crippen LogP contribution in [0.5, 0.6) is 0 Å². The number of rotatable bonds is 8. The Labute approximate surface area is 155 Å². The lowest BCUT2D eigenvalue weighted by Crippen LogP contribution is -2.53. The fourth-order valence-electron chi connectivity index (χ4n) is 2.94. The molecule has 0 unspecified atom stereocenters. The first kappa shape index (κ1) is 20.2. The number of hydrogen-bond donors (Lipinski definition) is 2. The number of amides is 3. The minimum atomic E-state index is -0.0642. The van der Waals surface area contributed by atoms with Gasteiger partial charge in [0.15, 0.2) is 0 Å². The number of carbonyl (C=O) groups excluding carboxylic acids is 2. The van der Waals surface area contributed by atoms with E-state index < -0.39 is 0 Å². The summed E-state index contributed by atoms with van der Waals surface area (Å²) in [5, 5.41) is 5.85. The highest BCUT2D eigenvalue weighted by atomic mass is 16.5. The van der Waals surface area contributed by atoms with E-state index in [1.54, 1.807) is 4.90 Å². The molecule has 1 saturated heterocycles. The highest BCUT2D eigenvalue weighted by Gasteiger charge is 2.22. The van der Waals surface area contributed by atoms with E-state index in [1.807, 2.05) is 31.2 Å². The number of carbonyl (C=O) groups is 2. The molecule has 3 amide bonds. The summed E-state index contributed by atoms with van der Waals surface area (Å²) in [5.74, 6) is -0.0134. The van der Waals surface area contributed by atoms with Crippen molar-refractivity contribution in [1.82, 2.24) is 15.1 Å². The van der Waals surface area contributed by atoms with Crippen LogP contribution in [0, 0.1) is 0 Å². The standard InChI is InChI=1S/C19H30N4O3/c1-3-16-7-5-6-8-17(16)21-18(24)15-22-10-12-23(13-11-22)19(25)20-9-14-26-4-2/h5-8H,3-4,9-15H2,1-2H3,(H,20,25)(H,21,24). The van der Waals surface area contributed by atoms with Gasteiger partial charge in [-0.2, -0.15) is 0 Å². The lowest BCUT2D eigenvalue weighted by Gasteiger charge is -2.34. The van der Waals surface area contributed by atoms with E-state index in [9.17, 15) is 9.59 Å². The van der Waals surface area contributed by atoms with E-state index in [0.717, 1.165) is 17.7 Å². The van der Waals surface area contributed by atoms with Crippen molar-refractivity contribution in [3.63, 3.8) is 0 Å². The summed E-state index contributed by atoms with van der Waals surface area (Å²) in [6, 6.07) is 7.80. The van der Waals surface area contributed by atoms with Crippen LogP contribution in [-0.4, -0.2) is 74.2 Å². The maximum Gasteiger partial charge on any atom is 0.317 e. The van der Waals surface area contributed by atoms with Crippen molar-refractivity contribution in [2.75, 3.05) is 57.8 Å². The van der Waals surface area contributed by atoms with Crippen molar-refractivity contribution in [2.24, 2.45) is 0 Å². The molecule has 0 aromatic heterocycles. The van der Waals surface area contributed by atoms with Gasteiger partial charge in [0.1, 0.15) is 0 Å². The third-order valence-corrected chi connectivity index (χ3v) is 4.43. The summed E-state index contributed by atoms with van der Waals surface area (Å²) in [5.41, 5.74) is 2.02. The fraction of sp³-hybridized carbons (Fsp3) is 0.579. The molecule has 2 N–H and O–H groups in total. The number of piperazine rings is 1. The summed E-state index contributed by atoms with van der Waals surface area (Å²) >= 11 is 0. The highest BCUT2D eigenvalue weighted by molar-refractivity contribution is 5.93. The molecule has 144 valence electrons. The Balaban J connectivity index is 1.71. The van der Waals surface area contributed by atoms with Crippen LogP contribution in [0.3, 0.4) is 0 Å². The second-order valence-corrected chi connectivity index (χ2v) is 6.25. The molecule has 0 radical (unpaired) electrons. The quantitative estimate of drug-likeness (QED) is 0.688. The zero-order chi connectivity index (χ0) is 18.8. The number of benzene rings is 1. The summed E-state index contributed by atoms with van der Waals surface area (Å²) in [6.45, 7) is 8.69. The first-order valence-electron chi connectivity index (χ1n) is 9.34. The van der Waals surface area contributed by atoms with Gasteiger partial charge in [-0.1, -0.05) is 25.1 Å². The van der Waals surface area contributed by atoms with Crippen molar-refractivity contribution >= 4 is 17.6 Å². The number of ether oxygens (including phenoxy) is 1. The monoisotopic (exact) mass is 362 g/mol. The fourth-order valence-corrected chi connectivity index (χ4v) is 2.94. The molecular formula is C19H30N4O3. The topological polar surface area (TPSA) is 73.9 Å². The number of anilines is 1. The predicted octanol–water partition coefficient (Wildman–Crippen LogP) is 1.55. The molecule has 7 nitrogen and oxygen atoms in total. The maximum atomic E-state index is 12.3. The van der Waals surface area contributed by atoms with E-state index in [2.05, 4.69) is 22.5 Å². The molecule has 7 heteroatoms. The van der Waals surface area contributed by atoms with E-state index in [1.165, 1.54) is 0 Å². The first-order chi connectivity index (χ1) is 12.6. The number of urea groups is 1. The van der Waals surface area contributed by atoms with Gasteiger partial charge in [0.05, 0.1) is 13.2 Å². The van der Waals surface area contributed by atoms with Crippen LogP contribution in [-0.2, 0) is 16.0 Å². The Morgan fingerprint density at radius 2 is 1.85 bits per heavy atom. The van der Waals surface area contributed by atoms with Crippen LogP contribution in [0.1, 0.15) is 19.4 Å². The van der Waals surface area contributed by atoms with Gasteiger partial charge in [-0.3, -0.25) is 9.69 Å². The molecule has 26 heavy (non-hydrogen) atoms. The van der Waals surface area contributed by atoms with Gasteiger partial charge in [0, 0.05) is 45.0 Å². The molecule has 0 atom stereocenters. The largest absolute Gasteiger partial charge is 0.380 e. The summed E-state index contributed by atoms with van der Waals surface area (Å²) < 4.78 is 5.21. The molecule has 1 aliphatic rings. The van der Waals surface area contributed by atoms with Crippen molar-refractivity contribution in [3.8, 4) is 0 Å². The second kappa shape index (κ2) is 10.8. The second-order valence-electron chi connectivity index (χ2n) is 6.25. The maximum absolute atomic E-state index is 12.3. The number of hydrogen-bond acceptors (Lipinski definition) is 4. The normalized spacial score (nSPS) is 14.9. The summed E-state index contributed by atoms with van der Waals surface area (Å²) in [6.07, 6.45) is 0.882. The SMILES string of the molecule is CCOCCNC(=O)N1CCN(CC(=O)Nc2ccccc2CC)CC1. The molecule has 1 aromatic rings. The highest BCUT2D eigenvalue weighted by Crippen LogP contribution is 2.15. The van der Waals surface area contributed by atoms with Crippen molar-refractivity contribution < 1.29 is 14.3 Å². The van der Waals surface area contributed by atoms with Crippen molar-refractivity contribution in [3.05, 3.63) is 29.8 Å². The molecule has 0 spiro atoms. The van der Waals surface area contributed by atoms with E-state index in [-0.39, 0.29) is 11.9 Å². The molecule has 2 rings (SSSR count). The minimum absolute atomic E-state index is 0.0134. The van der Waals surface area contributed by atoms with Crippen LogP contribution in [0.2, 0.25) is 0 Å². The van der Waals surface area contributed by atoms with Crippen LogP contribution < -0.4 is 10.6 Å². The summed E-state index contributed by atoms with van der Waals surface area (Å²) in [4.78, 5) is 28.2. The van der Waals surface area contributed by atoms with Crippen LogP contribution in [0.25, 0.3) is 0 Å². The molecule has 1 heterocycles. The molecule has 0 saturated carbocycles. The average molecular weight is 362 g/mol. The zero-order valence-corrected chi connectivity index (χ0v) is 15.8. The Kier molecular flexibility index (Phi) is 8.37. The number of nitrogens with one attached hydrogen (secondary N) is 2. The molecule has 1 aromatic carbocycles. The van der Waals surface area contributed by atoms with Gasteiger partial charge >= 0.3 is 6.03 Å². The van der Waals surface area contributed by atoms with Gasteiger partial charge < -0.3 is 20.3 Å². The van der Waals surface area contributed by atoms with Crippen molar-refractivity contribution in [2.45, 2.75) is 20.3 Å². The first-order valence-corrected chi connectivity index (χ1v) is 9.34. The molecule has 1 aliphatic heterocycles. The Hall–Kier alpha value is -2.12. The number of para-hydroxylation sites is 1. The Morgan fingerprint density at radius 1 is 1.12 bits per heavy atom. The minimum Gasteiger partial charge on any atom is -0.380 e. The summed E-state index contributed by atoms with van der Waals surface area (Å²) in [7, 11) is 0. The third kappa shape index (κ3) is 6.31. The number of nitrogens with zero attached hydrogens (tertiary/aromatic N) is 2. The van der Waals surface area contributed by atoms with Gasteiger partial charge in [-0.15, -0.1) is 0 Å². The third-order valence-electron chi connectivity index (χ3n) is 4.43. The van der Waals surface area contributed by atoms with Crippen molar-refractivity contribution in [1.29, 1.82) is 0 Å². The van der Waals surface area contributed by atoms with Gasteiger partial charge in [0.25, 0.3) is 0 Å². The number of aryl methyl sites for hydroxylation is 1. The van der Waals surface area contributed by atoms with Crippen LogP contribution >= 0.6 is 0 Å².